The summed E-state index contributed by atoms with van der Waals surface area (Å²) in [5.74, 6) is 0.360. The number of amides is 1. The van der Waals surface area contributed by atoms with E-state index in [1.807, 2.05) is 32.5 Å². The number of nitrogens with one attached hydrogen (secondary N) is 1. The second-order valence-electron chi connectivity index (χ2n) is 6.12. The first-order valence-electron chi connectivity index (χ1n) is 7.27. The first-order valence-corrected chi connectivity index (χ1v) is 7.27. The van der Waals surface area contributed by atoms with Gasteiger partial charge in [0.1, 0.15) is 0 Å². The maximum atomic E-state index is 12.0. The molecule has 1 aromatic rings. The normalized spacial score (nSPS) is 14.4. The second-order valence-corrected chi connectivity index (χ2v) is 6.12. The highest BCUT2D eigenvalue weighted by Gasteiger charge is 2.19. The zero-order valence-corrected chi connectivity index (χ0v) is 13.5. The third-order valence-electron chi connectivity index (χ3n) is 3.62. The molecule has 1 aromatic heterocycles. The molecule has 0 spiro atoms. The van der Waals surface area contributed by atoms with E-state index in [2.05, 4.69) is 24.3 Å². The Morgan fingerprint density at radius 3 is 2.40 bits per heavy atom. The van der Waals surface area contributed by atoms with Crippen molar-refractivity contribution in [1.29, 1.82) is 0 Å². The molecular weight excluding hydrogens is 252 g/mol. The van der Waals surface area contributed by atoms with E-state index in [-0.39, 0.29) is 11.9 Å². The summed E-state index contributed by atoms with van der Waals surface area (Å²) < 4.78 is 1.88. The smallest absolute Gasteiger partial charge is 0.237 e. The second kappa shape index (κ2) is 6.88. The van der Waals surface area contributed by atoms with Gasteiger partial charge in [-0.05, 0) is 45.1 Å². The van der Waals surface area contributed by atoms with Crippen molar-refractivity contribution < 1.29 is 4.79 Å². The fraction of sp³-hybridized carbons (Fsp3) is 0.733. The van der Waals surface area contributed by atoms with Crippen molar-refractivity contribution in [1.82, 2.24) is 15.1 Å². The predicted octanol–water partition coefficient (Wildman–Crippen LogP) is 1.46. The number of aryl methyl sites for hydroxylation is 2. The highest BCUT2D eigenvalue weighted by Crippen LogP contribution is 2.14. The zero-order chi connectivity index (χ0) is 15.4. The third-order valence-corrected chi connectivity index (χ3v) is 3.62. The van der Waals surface area contributed by atoms with E-state index < -0.39 is 6.04 Å². The van der Waals surface area contributed by atoms with Crippen LogP contribution in [0.4, 0.5) is 0 Å². The molecule has 0 aliphatic heterocycles. The minimum absolute atomic E-state index is 0.0577. The summed E-state index contributed by atoms with van der Waals surface area (Å²) in [4.78, 5) is 12.0. The van der Waals surface area contributed by atoms with Crippen molar-refractivity contribution in [3.05, 3.63) is 17.0 Å². The highest BCUT2D eigenvalue weighted by molar-refractivity contribution is 5.81. The van der Waals surface area contributed by atoms with E-state index >= 15 is 0 Å². The lowest BCUT2D eigenvalue weighted by molar-refractivity contribution is -0.123. The fourth-order valence-electron chi connectivity index (χ4n) is 2.43. The van der Waals surface area contributed by atoms with Gasteiger partial charge in [-0.25, -0.2) is 0 Å². The molecule has 0 aliphatic rings. The van der Waals surface area contributed by atoms with E-state index in [1.54, 1.807) is 0 Å². The Kier molecular flexibility index (Phi) is 5.74. The van der Waals surface area contributed by atoms with Crippen molar-refractivity contribution in [3.8, 4) is 0 Å². The fourth-order valence-corrected chi connectivity index (χ4v) is 2.43. The van der Waals surface area contributed by atoms with Gasteiger partial charge in [0.2, 0.25) is 5.91 Å². The van der Waals surface area contributed by atoms with E-state index in [4.69, 9.17) is 5.73 Å². The molecule has 20 heavy (non-hydrogen) atoms. The molecule has 0 bridgehead atoms. The number of carbonyl (C=O) groups excluding carboxylic acids is 1. The molecule has 0 aromatic carbocycles. The average Bonchev–Trinajstić information content (AvgIpc) is 2.55. The highest BCUT2D eigenvalue weighted by atomic mass is 16.2. The molecule has 5 nitrogen and oxygen atoms in total. The third kappa shape index (κ3) is 4.34. The maximum Gasteiger partial charge on any atom is 0.237 e. The molecule has 2 atom stereocenters. The zero-order valence-electron chi connectivity index (χ0n) is 13.5. The van der Waals surface area contributed by atoms with Gasteiger partial charge in [0.05, 0.1) is 11.7 Å². The van der Waals surface area contributed by atoms with Gasteiger partial charge in [-0.3, -0.25) is 9.48 Å². The van der Waals surface area contributed by atoms with Crippen LogP contribution in [0.3, 0.4) is 0 Å². The number of nitrogens with two attached hydrogens (primary N) is 1. The first kappa shape index (κ1) is 16.7. The molecule has 3 N–H and O–H groups in total. The molecule has 5 heteroatoms. The van der Waals surface area contributed by atoms with Crippen molar-refractivity contribution in [3.63, 3.8) is 0 Å². The van der Waals surface area contributed by atoms with Crippen LogP contribution < -0.4 is 11.1 Å². The van der Waals surface area contributed by atoms with Gasteiger partial charge in [-0.15, -0.1) is 0 Å². The Labute approximate surface area is 121 Å². The Morgan fingerprint density at radius 1 is 1.35 bits per heavy atom. The maximum absolute atomic E-state index is 12.0. The molecular formula is C15H28N4O. The number of aromatic nitrogens is 2. The number of carbonyl (C=O) groups is 1. The summed E-state index contributed by atoms with van der Waals surface area (Å²) >= 11 is 0. The van der Waals surface area contributed by atoms with Gasteiger partial charge in [-0.1, -0.05) is 13.8 Å². The van der Waals surface area contributed by atoms with E-state index in [9.17, 15) is 4.79 Å². The van der Waals surface area contributed by atoms with Gasteiger partial charge in [0.15, 0.2) is 0 Å². The average molecular weight is 280 g/mol. The molecule has 114 valence electrons. The minimum Gasteiger partial charge on any atom is -0.352 e. The largest absolute Gasteiger partial charge is 0.352 e. The molecule has 0 saturated carbocycles. The van der Waals surface area contributed by atoms with Gasteiger partial charge >= 0.3 is 0 Å². The van der Waals surface area contributed by atoms with Gasteiger partial charge < -0.3 is 11.1 Å². The van der Waals surface area contributed by atoms with Crippen LogP contribution in [0, 0.1) is 19.8 Å². The molecule has 0 fully saturated rings. The summed E-state index contributed by atoms with van der Waals surface area (Å²) in [5.41, 5.74) is 9.28. The lowest BCUT2D eigenvalue weighted by Crippen LogP contribution is -2.45. The predicted molar refractivity (Wildman–Crippen MR) is 81.4 cm³/mol. The summed E-state index contributed by atoms with van der Waals surface area (Å²) in [5, 5.41) is 7.39. The van der Waals surface area contributed by atoms with E-state index in [0.29, 0.717) is 12.3 Å². The Balaban J connectivity index is 2.59. The number of nitrogens with zero attached hydrogens (tertiary/aromatic N) is 2. The van der Waals surface area contributed by atoms with Gasteiger partial charge in [0.25, 0.3) is 0 Å². The molecule has 1 unspecified atom stereocenters. The molecule has 0 radical (unpaired) electrons. The van der Waals surface area contributed by atoms with Crippen molar-refractivity contribution in [2.75, 3.05) is 0 Å². The van der Waals surface area contributed by atoms with E-state index in [1.165, 1.54) is 5.56 Å². The van der Waals surface area contributed by atoms with Crippen molar-refractivity contribution in [2.24, 2.45) is 18.7 Å². The van der Waals surface area contributed by atoms with Crippen LogP contribution in [0.15, 0.2) is 0 Å². The Bertz CT molecular complexity index is 465. The van der Waals surface area contributed by atoms with Crippen LogP contribution in [0.2, 0.25) is 0 Å². The SMILES string of the molecule is Cc1nn(C)c(C)c1CC(C)NC(=O)[C@@H](N)CC(C)C. The van der Waals surface area contributed by atoms with Gasteiger partial charge in [-0.2, -0.15) is 5.10 Å². The summed E-state index contributed by atoms with van der Waals surface area (Å²) in [7, 11) is 1.94. The molecule has 0 saturated heterocycles. The molecule has 0 aliphatic carbocycles. The van der Waals surface area contributed by atoms with Crippen LogP contribution >= 0.6 is 0 Å². The summed E-state index contributed by atoms with van der Waals surface area (Å²) in [6.07, 6.45) is 1.50. The number of hydrogen-bond donors (Lipinski definition) is 2. The van der Waals surface area contributed by atoms with Crippen LogP contribution in [-0.2, 0) is 18.3 Å². The lowest BCUT2D eigenvalue weighted by atomic mass is 10.0. The molecule has 1 rings (SSSR count). The minimum atomic E-state index is -0.423. The topological polar surface area (TPSA) is 72.9 Å². The lowest BCUT2D eigenvalue weighted by Gasteiger charge is -2.19. The van der Waals surface area contributed by atoms with Crippen LogP contribution in [-0.4, -0.2) is 27.8 Å². The summed E-state index contributed by atoms with van der Waals surface area (Å²) in [6, 6.07) is -0.365. The first-order chi connectivity index (χ1) is 9.22. The van der Waals surface area contributed by atoms with Crippen LogP contribution in [0.1, 0.15) is 44.1 Å². The van der Waals surface area contributed by atoms with Gasteiger partial charge in [0, 0.05) is 18.8 Å². The van der Waals surface area contributed by atoms with Crippen LogP contribution in [0.5, 0.6) is 0 Å². The monoisotopic (exact) mass is 280 g/mol. The van der Waals surface area contributed by atoms with Crippen molar-refractivity contribution in [2.45, 2.75) is 59.5 Å². The number of hydrogen-bond acceptors (Lipinski definition) is 3. The van der Waals surface area contributed by atoms with Crippen molar-refractivity contribution >= 4 is 5.91 Å². The van der Waals surface area contributed by atoms with E-state index in [0.717, 1.165) is 17.8 Å². The summed E-state index contributed by atoms with van der Waals surface area (Å²) in [6.45, 7) is 10.2. The number of rotatable bonds is 6. The van der Waals surface area contributed by atoms with Crippen LogP contribution in [0.25, 0.3) is 0 Å². The standard InChI is InChI=1S/C15H28N4O/c1-9(2)7-14(16)15(20)17-10(3)8-13-11(4)18-19(6)12(13)5/h9-10,14H,7-8,16H2,1-6H3,(H,17,20)/t10?,14-/m0/s1. The Hall–Kier alpha value is -1.36. The molecule has 1 amide bonds. The Morgan fingerprint density at radius 2 is 1.95 bits per heavy atom. The molecule has 1 heterocycles. The quantitative estimate of drug-likeness (QED) is 0.828.